The molecule has 1 nitrogen and oxygen atoms in total. The largest absolute Gasteiger partial charge is 0.471 e. The Labute approximate surface area is 143 Å². The first kappa shape index (κ1) is 21.2. The van der Waals surface area contributed by atoms with Gasteiger partial charge in [0.25, 0.3) is 0 Å². The van der Waals surface area contributed by atoms with Gasteiger partial charge in [-0.15, -0.1) is 4.05 Å². The molecule has 0 fully saturated rings. The van der Waals surface area contributed by atoms with Crippen LogP contribution in [0.3, 0.4) is 0 Å². The van der Waals surface area contributed by atoms with Gasteiger partial charge in [0, 0.05) is 6.61 Å². The molecule has 0 aromatic heterocycles. The molecule has 0 aliphatic heterocycles. The Morgan fingerprint density at radius 3 is 2.45 bits per heavy atom. The van der Waals surface area contributed by atoms with E-state index in [1.54, 1.807) is 0 Å². The van der Waals surface area contributed by atoms with E-state index in [-0.39, 0.29) is 18.2 Å². The van der Waals surface area contributed by atoms with E-state index in [4.69, 9.17) is 4.74 Å². The summed E-state index contributed by atoms with van der Waals surface area (Å²) in [5, 5.41) is 0. The molecule has 0 amide bonds. The van der Waals surface area contributed by atoms with Crippen LogP contribution < -0.4 is 0 Å². The van der Waals surface area contributed by atoms with E-state index in [1.807, 2.05) is 0 Å². The summed E-state index contributed by atoms with van der Waals surface area (Å²) in [7, 11) is 0. The van der Waals surface area contributed by atoms with Gasteiger partial charge in [-0.25, -0.2) is 0 Å². The van der Waals surface area contributed by atoms with Gasteiger partial charge in [-0.3, -0.25) is 0 Å². The van der Waals surface area contributed by atoms with Gasteiger partial charge in [0.2, 0.25) is 0 Å². The highest BCUT2D eigenvalue weighted by molar-refractivity contribution is 9.23. The first-order valence-corrected chi connectivity index (χ1v) is 13.3. The number of rotatable bonds is 13. The quantitative estimate of drug-likeness (QED) is 0.279. The maximum absolute atomic E-state index is 5.91. The molecule has 0 spiro atoms. The Bertz CT molecular complexity index is 221. The van der Waals surface area contributed by atoms with Gasteiger partial charge in [-0.1, -0.05) is 60.3 Å². The van der Waals surface area contributed by atoms with Crippen molar-refractivity contribution in [1.29, 1.82) is 0 Å². The lowest BCUT2D eigenvalue weighted by Crippen LogP contribution is -2.19. The Morgan fingerprint density at radius 1 is 1.15 bits per heavy atom. The SMILES string of the molecule is CCCCCC(C)(C)COCCCC(C)C[CH](C)[Mg][Br]. The maximum Gasteiger partial charge on any atom is 0.471 e. The lowest BCUT2D eigenvalue weighted by Gasteiger charge is -2.24. The molecule has 20 heavy (non-hydrogen) atoms. The number of unbranched alkanes of at least 4 members (excludes halogenated alkanes) is 2. The second kappa shape index (κ2) is 12.7. The third-order valence-corrected chi connectivity index (χ3v) is 8.18. The molecule has 0 aliphatic carbocycles. The predicted molar refractivity (Wildman–Crippen MR) is 95.9 cm³/mol. The Kier molecular flexibility index (Phi) is 13.5. The smallest absolute Gasteiger partial charge is 0.381 e. The summed E-state index contributed by atoms with van der Waals surface area (Å²) in [5.41, 5.74) is 0.358. The van der Waals surface area contributed by atoms with Crippen molar-refractivity contribution in [3.63, 3.8) is 0 Å². The number of ether oxygens (including phenoxy) is 1. The first-order valence-electron chi connectivity index (χ1n) is 8.55. The lowest BCUT2D eigenvalue weighted by atomic mass is 9.88. The monoisotopic (exact) mass is 358 g/mol. The van der Waals surface area contributed by atoms with E-state index < -0.39 is 0 Å². The molecular weight excluding hydrogens is 324 g/mol. The molecule has 2 unspecified atom stereocenters. The van der Waals surface area contributed by atoms with Crippen LogP contribution in [0.5, 0.6) is 0 Å². The van der Waals surface area contributed by atoms with Gasteiger partial charge >= 0.3 is 18.2 Å². The van der Waals surface area contributed by atoms with Crippen LogP contribution in [0, 0.1) is 11.3 Å². The fraction of sp³-hybridized carbons (Fsp3) is 1.00. The van der Waals surface area contributed by atoms with Crippen LogP contribution >= 0.6 is 12.9 Å². The summed E-state index contributed by atoms with van der Waals surface area (Å²) in [6.07, 6.45) is 9.24. The highest BCUT2D eigenvalue weighted by Gasteiger charge is 2.17. The van der Waals surface area contributed by atoms with E-state index in [0.29, 0.717) is 5.41 Å². The Balaban J connectivity index is 3.55. The van der Waals surface area contributed by atoms with Gasteiger partial charge in [-0.05, 0) is 30.6 Å². The van der Waals surface area contributed by atoms with Crippen LogP contribution in [-0.4, -0.2) is 31.4 Å². The van der Waals surface area contributed by atoms with Crippen molar-refractivity contribution in [3.8, 4) is 0 Å². The van der Waals surface area contributed by atoms with Crippen molar-refractivity contribution in [1.82, 2.24) is 0 Å². The van der Waals surface area contributed by atoms with Crippen LogP contribution in [0.1, 0.15) is 79.6 Å². The molecule has 0 aromatic rings. The van der Waals surface area contributed by atoms with Gasteiger partial charge in [0.15, 0.2) is 0 Å². The third-order valence-electron chi connectivity index (χ3n) is 4.00. The minimum atomic E-state index is 0.0147. The zero-order chi connectivity index (χ0) is 15.4. The molecule has 0 N–H and O–H groups in total. The van der Waals surface area contributed by atoms with Gasteiger partial charge in [0.05, 0.1) is 6.61 Å². The Hall–Kier alpha value is 1.21. The predicted octanol–water partition coefficient (Wildman–Crippen LogP) is 6.24. The second-order valence-electron chi connectivity index (χ2n) is 7.42. The molecule has 0 rings (SSSR count). The van der Waals surface area contributed by atoms with Gasteiger partial charge < -0.3 is 17.6 Å². The normalized spacial score (nSPS) is 14.9. The van der Waals surface area contributed by atoms with Crippen LogP contribution in [0.4, 0.5) is 0 Å². The lowest BCUT2D eigenvalue weighted by molar-refractivity contribution is 0.0528. The van der Waals surface area contributed by atoms with Crippen molar-refractivity contribution >= 4 is 31.1 Å². The molecule has 0 bridgehead atoms. The van der Waals surface area contributed by atoms with E-state index in [2.05, 4.69) is 47.5 Å². The zero-order valence-corrected chi connectivity index (χ0v) is 17.5. The summed E-state index contributed by atoms with van der Waals surface area (Å²) in [4.78, 5) is 0. The van der Waals surface area contributed by atoms with E-state index in [0.717, 1.165) is 23.2 Å². The molecule has 0 heterocycles. The molecule has 0 aliphatic rings. The van der Waals surface area contributed by atoms with Crippen molar-refractivity contribution in [2.75, 3.05) is 13.2 Å². The number of halogens is 1. The molecule has 0 aromatic carbocycles. The molecule has 2 atom stereocenters. The Morgan fingerprint density at radius 2 is 1.85 bits per heavy atom. The summed E-state index contributed by atoms with van der Waals surface area (Å²) in [6.45, 7) is 13.6. The van der Waals surface area contributed by atoms with E-state index in [1.165, 1.54) is 44.9 Å². The number of hydrogen-bond acceptors (Lipinski definition) is 1. The van der Waals surface area contributed by atoms with Crippen molar-refractivity contribution in [2.45, 2.75) is 83.6 Å². The maximum atomic E-state index is 5.91. The summed E-state index contributed by atoms with van der Waals surface area (Å²) in [6, 6.07) is 0. The average molecular weight is 360 g/mol. The minimum absolute atomic E-state index is 0.0147. The third kappa shape index (κ3) is 12.9. The summed E-state index contributed by atoms with van der Waals surface area (Å²) < 4.78 is 6.84. The minimum Gasteiger partial charge on any atom is -0.381 e. The van der Waals surface area contributed by atoms with Gasteiger partial charge in [-0.2, -0.15) is 0 Å². The van der Waals surface area contributed by atoms with Crippen LogP contribution in [0.25, 0.3) is 0 Å². The standard InChI is InChI=1S/C17H35O.BrH.Mg/c1-6-8-9-13-17(4,5)15-18-14-10-12-16(3)11-7-2;;/h7,16H,6,8-15H2,1-5H3;1H;/q;;+1/p-1. The van der Waals surface area contributed by atoms with Crippen LogP contribution in [0.2, 0.25) is 4.05 Å². The molecule has 0 saturated carbocycles. The first-order chi connectivity index (χ1) is 9.41. The van der Waals surface area contributed by atoms with Crippen molar-refractivity contribution < 1.29 is 4.74 Å². The van der Waals surface area contributed by atoms with E-state index >= 15 is 0 Å². The zero-order valence-electron chi connectivity index (χ0n) is 14.5. The molecule has 0 radical (unpaired) electrons. The topological polar surface area (TPSA) is 9.23 Å². The van der Waals surface area contributed by atoms with Crippen LogP contribution in [0.15, 0.2) is 0 Å². The summed E-state index contributed by atoms with van der Waals surface area (Å²) in [5.74, 6) is 0.858. The van der Waals surface area contributed by atoms with E-state index in [9.17, 15) is 0 Å². The second-order valence-corrected chi connectivity index (χ2v) is 11.1. The van der Waals surface area contributed by atoms with Crippen molar-refractivity contribution in [3.05, 3.63) is 0 Å². The molecule has 118 valence electrons. The average Bonchev–Trinajstić information content (AvgIpc) is 2.38. The fourth-order valence-electron chi connectivity index (χ4n) is 2.68. The van der Waals surface area contributed by atoms with Crippen molar-refractivity contribution in [2.24, 2.45) is 11.3 Å². The fourth-order valence-corrected chi connectivity index (χ4v) is 4.16. The highest BCUT2D eigenvalue weighted by Crippen LogP contribution is 2.25. The number of hydrogen-bond donors (Lipinski definition) is 0. The van der Waals surface area contributed by atoms with Crippen LogP contribution in [-0.2, 0) is 4.74 Å². The molecule has 0 saturated heterocycles. The molecule has 3 heteroatoms. The van der Waals surface area contributed by atoms with Gasteiger partial charge in [0.1, 0.15) is 0 Å². The highest BCUT2D eigenvalue weighted by atomic mass is 79.9. The molecular formula is C17H35BrMgO. The summed E-state index contributed by atoms with van der Waals surface area (Å²) >= 11 is 3.71.